The second-order valence-corrected chi connectivity index (χ2v) is 16.4. The largest absolute Gasteiger partial charge is 0.494 e. The van der Waals surface area contributed by atoms with Gasteiger partial charge in [-0.15, -0.1) is 0 Å². The van der Waals surface area contributed by atoms with E-state index in [0.717, 1.165) is 49.1 Å². The first-order chi connectivity index (χ1) is 32.6. The van der Waals surface area contributed by atoms with Crippen LogP contribution in [0, 0.1) is 5.82 Å². The maximum atomic E-state index is 15.1. The maximum Gasteiger partial charge on any atom is 0.346 e. The van der Waals surface area contributed by atoms with Crippen molar-refractivity contribution in [2.75, 3.05) is 13.2 Å². The van der Waals surface area contributed by atoms with E-state index >= 15 is 4.39 Å². The Balaban J connectivity index is 1.03. The van der Waals surface area contributed by atoms with Crippen LogP contribution in [0.2, 0.25) is 0 Å². The van der Waals surface area contributed by atoms with Crippen LogP contribution in [0.4, 0.5) is 4.39 Å². The lowest BCUT2D eigenvalue weighted by Crippen LogP contribution is -2.13. The van der Waals surface area contributed by atoms with E-state index in [-0.39, 0.29) is 34.1 Å². The first-order valence-corrected chi connectivity index (χ1v) is 23.6. The molecule has 0 bridgehead atoms. The molecule has 0 N–H and O–H groups in total. The van der Waals surface area contributed by atoms with Crippen LogP contribution in [0.1, 0.15) is 154 Å². The van der Waals surface area contributed by atoms with E-state index in [0.29, 0.717) is 24.5 Å². The van der Waals surface area contributed by atoms with Crippen LogP contribution in [0.25, 0.3) is 6.08 Å². The number of ether oxygens (including phenoxy) is 6. The number of rotatable bonds is 28. The smallest absolute Gasteiger partial charge is 0.346 e. The van der Waals surface area contributed by atoms with Gasteiger partial charge < -0.3 is 28.4 Å². The highest BCUT2D eigenvalue weighted by molar-refractivity contribution is 5.95. The molecule has 0 atom stereocenters. The Morgan fingerprint density at radius 2 is 0.866 bits per heavy atom. The fourth-order valence-corrected chi connectivity index (χ4v) is 7.00. The predicted octanol–water partition coefficient (Wildman–Crippen LogP) is 14.1. The molecule has 0 aromatic heterocycles. The van der Waals surface area contributed by atoms with Crippen molar-refractivity contribution in [3.8, 4) is 34.5 Å². The van der Waals surface area contributed by atoms with Crippen molar-refractivity contribution >= 4 is 30.0 Å². The molecule has 0 aliphatic rings. The van der Waals surface area contributed by atoms with Gasteiger partial charge in [0.25, 0.3) is 0 Å². The van der Waals surface area contributed by atoms with Crippen molar-refractivity contribution in [1.82, 2.24) is 0 Å². The van der Waals surface area contributed by atoms with Gasteiger partial charge in [-0.25, -0.2) is 23.6 Å². The van der Waals surface area contributed by atoms with E-state index in [1.807, 2.05) is 24.3 Å². The molecule has 354 valence electrons. The fourth-order valence-electron chi connectivity index (χ4n) is 7.00. The van der Waals surface area contributed by atoms with Gasteiger partial charge in [0.15, 0.2) is 0 Å². The second kappa shape index (κ2) is 28.3. The number of carbonyl (C=O) groups excluding carboxylic acids is 4. The molecule has 11 heteroatoms. The van der Waals surface area contributed by atoms with Gasteiger partial charge in [0, 0.05) is 17.7 Å². The van der Waals surface area contributed by atoms with Gasteiger partial charge in [-0.3, -0.25) is 0 Å². The standard InChI is InChI=1S/C56H63FO10/c1-4-6-8-10-11-12-13-14-16-18-37-63-46-30-24-43(25-31-46)54(59)64-47-32-26-44(27-33-47)55(60)66-48-20-19-21-49(39-48)67-56(61)51-35-34-50(40-52(51)57)65-53(58)41(3)38-42-22-28-45(29-23-42)62-36-17-15-9-7-5-2/h19-35,38-40H,4-18,36-37H2,1-3H3/b41-38+. The number of benzene rings is 5. The molecule has 0 unspecified atom stereocenters. The van der Waals surface area contributed by atoms with E-state index in [1.165, 1.54) is 125 Å². The van der Waals surface area contributed by atoms with Crippen molar-refractivity contribution in [3.63, 3.8) is 0 Å². The molecular weight excluding hydrogens is 852 g/mol. The Hall–Kier alpha value is -6.75. The van der Waals surface area contributed by atoms with Crippen LogP contribution >= 0.6 is 0 Å². The third-order valence-electron chi connectivity index (χ3n) is 10.9. The zero-order valence-corrected chi connectivity index (χ0v) is 39.0. The number of esters is 4. The van der Waals surface area contributed by atoms with Gasteiger partial charge in [0.05, 0.1) is 29.9 Å². The second-order valence-electron chi connectivity index (χ2n) is 16.4. The molecular formula is C56H63FO10. The summed E-state index contributed by atoms with van der Waals surface area (Å²) in [5.74, 6) is -2.34. The fraction of sp³-hybridized carbons (Fsp3) is 0.357. The molecule has 5 rings (SSSR count). The van der Waals surface area contributed by atoms with E-state index < -0.39 is 35.3 Å². The van der Waals surface area contributed by atoms with Crippen molar-refractivity contribution in [3.05, 3.63) is 149 Å². The zero-order valence-electron chi connectivity index (χ0n) is 39.0. The first kappa shape index (κ1) is 51.2. The number of hydrogen-bond acceptors (Lipinski definition) is 10. The Bertz CT molecular complexity index is 2350. The highest BCUT2D eigenvalue weighted by Gasteiger charge is 2.18. The van der Waals surface area contributed by atoms with Crippen molar-refractivity contribution in [2.45, 2.75) is 117 Å². The van der Waals surface area contributed by atoms with E-state index in [2.05, 4.69) is 13.8 Å². The third kappa shape index (κ3) is 18.2. The molecule has 0 fully saturated rings. The Kier molecular flexibility index (Phi) is 21.7. The van der Waals surface area contributed by atoms with Crippen LogP contribution < -0.4 is 28.4 Å². The lowest BCUT2D eigenvalue weighted by atomic mass is 10.1. The summed E-state index contributed by atoms with van der Waals surface area (Å²) in [7, 11) is 0. The first-order valence-electron chi connectivity index (χ1n) is 23.6. The molecule has 0 radical (unpaired) electrons. The maximum absolute atomic E-state index is 15.1. The molecule has 0 saturated carbocycles. The lowest BCUT2D eigenvalue weighted by molar-refractivity contribution is -0.130. The lowest BCUT2D eigenvalue weighted by Gasteiger charge is -2.10. The van der Waals surface area contributed by atoms with Crippen LogP contribution in [0.15, 0.2) is 121 Å². The van der Waals surface area contributed by atoms with Crippen LogP contribution in [-0.2, 0) is 4.79 Å². The number of unbranched alkanes of at least 4 members (excludes halogenated alkanes) is 13. The summed E-state index contributed by atoms with van der Waals surface area (Å²) >= 11 is 0. The topological polar surface area (TPSA) is 124 Å². The molecule has 0 spiro atoms. The van der Waals surface area contributed by atoms with Crippen LogP contribution in [0.5, 0.6) is 34.5 Å². The van der Waals surface area contributed by atoms with E-state index in [1.54, 1.807) is 37.3 Å². The van der Waals surface area contributed by atoms with Gasteiger partial charge in [-0.2, -0.15) is 0 Å². The molecule has 5 aromatic carbocycles. The molecule has 0 aliphatic heterocycles. The average molecular weight is 915 g/mol. The Morgan fingerprint density at radius 3 is 1.37 bits per heavy atom. The highest BCUT2D eigenvalue weighted by atomic mass is 19.1. The molecule has 0 heterocycles. The SMILES string of the molecule is CCCCCCCCCCCCOc1ccc(C(=O)Oc2ccc(C(=O)Oc3cccc(OC(=O)c4ccc(OC(=O)/C(C)=C/c5ccc(OCCCCCCC)cc5)cc4F)c3)cc2)cc1. The Morgan fingerprint density at radius 1 is 0.448 bits per heavy atom. The predicted molar refractivity (Wildman–Crippen MR) is 258 cm³/mol. The third-order valence-corrected chi connectivity index (χ3v) is 10.9. The van der Waals surface area contributed by atoms with Gasteiger partial charge in [0.2, 0.25) is 0 Å². The van der Waals surface area contributed by atoms with Crippen molar-refractivity contribution in [1.29, 1.82) is 0 Å². The van der Waals surface area contributed by atoms with Gasteiger partial charge in [-0.05, 0) is 116 Å². The number of carbonyl (C=O) groups is 4. The quantitative estimate of drug-likeness (QED) is 0.0207. The number of hydrogen-bond donors (Lipinski definition) is 0. The summed E-state index contributed by atoms with van der Waals surface area (Å²) in [5, 5.41) is 0. The average Bonchev–Trinajstić information content (AvgIpc) is 3.33. The molecule has 0 saturated heterocycles. The number of halogens is 1. The molecule has 67 heavy (non-hydrogen) atoms. The minimum Gasteiger partial charge on any atom is -0.494 e. The Labute approximate surface area is 394 Å². The molecule has 5 aromatic rings. The summed E-state index contributed by atoms with van der Waals surface area (Å²) < 4.78 is 48.5. The minimum atomic E-state index is -1.02. The molecule has 0 amide bonds. The summed E-state index contributed by atoms with van der Waals surface area (Å²) in [6, 6.07) is 29.1. The summed E-state index contributed by atoms with van der Waals surface area (Å²) in [6.07, 6.45) is 20.0. The van der Waals surface area contributed by atoms with Gasteiger partial charge >= 0.3 is 23.9 Å². The summed E-state index contributed by atoms with van der Waals surface area (Å²) in [5.41, 5.74) is 1.16. The van der Waals surface area contributed by atoms with Gasteiger partial charge in [0.1, 0.15) is 40.3 Å². The zero-order chi connectivity index (χ0) is 47.6. The highest BCUT2D eigenvalue weighted by Crippen LogP contribution is 2.25. The van der Waals surface area contributed by atoms with Crippen LogP contribution in [-0.4, -0.2) is 37.1 Å². The van der Waals surface area contributed by atoms with Crippen LogP contribution in [0.3, 0.4) is 0 Å². The van der Waals surface area contributed by atoms with E-state index in [9.17, 15) is 19.2 Å². The minimum absolute atomic E-state index is 0.0103. The van der Waals surface area contributed by atoms with Gasteiger partial charge in [-0.1, -0.05) is 116 Å². The normalized spacial score (nSPS) is 11.1. The monoisotopic (exact) mass is 914 g/mol. The summed E-state index contributed by atoms with van der Waals surface area (Å²) in [6.45, 7) is 7.28. The van der Waals surface area contributed by atoms with Crippen molar-refractivity contribution < 1.29 is 52.0 Å². The van der Waals surface area contributed by atoms with Crippen molar-refractivity contribution in [2.24, 2.45) is 0 Å². The molecule has 10 nitrogen and oxygen atoms in total. The summed E-state index contributed by atoms with van der Waals surface area (Å²) in [4.78, 5) is 51.5. The molecule has 0 aliphatic carbocycles. The van der Waals surface area contributed by atoms with E-state index in [4.69, 9.17) is 28.4 Å².